The van der Waals surface area contributed by atoms with Gasteiger partial charge >= 0.3 is 6.03 Å². The maximum atomic E-state index is 13.1. The van der Waals surface area contributed by atoms with Gasteiger partial charge in [-0.25, -0.2) is 13.2 Å². The first kappa shape index (κ1) is 21.5. The fraction of sp³-hybridized carbons (Fsp3) is 0.273. The molecule has 2 aromatic carbocycles. The summed E-state index contributed by atoms with van der Waals surface area (Å²) in [6, 6.07) is 12.3. The molecule has 0 aromatic heterocycles. The minimum absolute atomic E-state index is 0.298. The smallest absolute Gasteiger partial charge is 0.319 e. The lowest BCUT2D eigenvalue weighted by Gasteiger charge is -2.22. The quantitative estimate of drug-likeness (QED) is 0.541. The van der Waals surface area contributed by atoms with Gasteiger partial charge in [0.1, 0.15) is 5.54 Å². The zero-order valence-electron chi connectivity index (χ0n) is 17.5. The van der Waals surface area contributed by atoms with Gasteiger partial charge in [0.2, 0.25) is 10.0 Å². The van der Waals surface area contributed by atoms with Crippen LogP contribution in [0, 0.1) is 11.3 Å². The molecule has 3 amide bonds. The fourth-order valence-corrected chi connectivity index (χ4v) is 5.00. The Balaban J connectivity index is 1.54. The lowest BCUT2D eigenvalue weighted by atomic mass is 9.91. The highest BCUT2D eigenvalue weighted by Gasteiger charge is 2.49. The van der Waals surface area contributed by atoms with E-state index in [0.717, 1.165) is 16.7 Å². The second-order valence-electron chi connectivity index (χ2n) is 7.99. The number of urea groups is 1. The third-order valence-electron chi connectivity index (χ3n) is 5.82. The maximum Gasteiger partial charge on any atom is 0.325 e. The van der Waals surface area contributed by atoms with E-state index in [4.69, 9.17) is 5.26 Å². The van der Waals surface area contributed by atoms with E-state index < -0.39 is 39.8 Å². The van der Waals surface area contributed by atoms with Gasteiger partial charge in [-0.2, -0.15) is 5.26 Å². The lowest BCUT2D eigenvalue weighted by molar-refractivity contribution is -0.130. The SMILES string of the molecule is C[C@@]1(c2ccc(C#N)cc2)NC(=O)N(CC(=O)c2ccc3c(c2)CCN3S(C)(=O)=O)C1=O. The van der Waals surface area contributed by atoms with Crippen LogP contribution in [0.25, 0.3) is 0 Å². The highest BCUT2D eigenvalue weighted by atomic mass is 32.2. The predicted molar refractivity (Wildman–Crippen MR) is 115 cm³/mol. The van der Waals surface area contributed by atoms with E-state index >= 15 is 0 Å². The van der Waals surface area contributed by atoms with Gasteiger partial charge in [0.05, 0.1) is 30.1 Å². The molecule has 4 rings (SSSR count). The van der Waals surface area contributed by atoms with Gasteiger partial charge in [0, 0.05) is 12.1 Å². The summed E-state index contributed by atoms with van der Waals surface area (Å²) in [6.45, 7) is 1.42. The van der Waals surface area contributed by atoms with Gasteiger partial charge in [0.15, 0.2) is 5.78 Å². The summed E-state index contributed by atoms with van der Waals surface area (Å²) in [5.41, 5.74) is 1.13. The van der Waals surface area contributed by atoms with Gasteiger partial charge in [-0.3, -0.25) is 18.8 Å². The number of hydrogen-bond acceptors (Lipinski definition) is 6. The number of Topliss-reactive ketones (excluding diaryl/α,β-unsaturated/α-hetero) is 1. The molecule has 1 N–H and O–H groups in total. The fourth-order valence-electron chi connectivity index (χ4n) is 4.04. The molecule has 2 heterocycles. The molecule has 32 heavy (non-hydrogen) atoms. The van der Waals surface area contributed by atoms with Crippen LogP contribution in [0.2, 0.25) is 0 Å². The zero-order chi connectivity index (χ0) is 23.3. The summed E-state index contributed by atoms with van der Waals surface area (Å²) in [6.07, 6.45) is 1.60. The highest BCUT2D eigenvalue weighted by molar-refractivity contribution is 7.92. The number of ketones is 1. The number of nitriles is 1. The van der Waals surface area contributed by atoms with Crippen LogP contribution in [0.5, 0.6) is 0 Å². The molecule has 1 atom stereocenters. The molecule has 2 aliphatic heterocycles. The largest absolute Gasteiger partial charge is 0.325 e. The number of imide groups is 1. The van der Waals surface area contributed by atoms with Crippen LogP contribution in [0.15, 0.2) is 42.5 Å². The Bertz CT molecular complexity index is 1300. The second kappa shape index (κ2) is 7.46. The van der Waals surface area contributed by atoms with Gasteiger partial charge < -0.3 is 5.32 Å². The summed E-state index contributed by atoms with van der Waals surface area (Å²) >= 11 is 0. The van der Waals surface area contributed by atoms with Gasteiger partial charge in [-0.05, 0) is 54.8 Å². The molecule has 9 nitrogen and oxygen atoms in total. The number of fused-ring (bicyclic) bond motifs is 1. The number of anilines is 1. The van der Waals surface area contributed by atoms with Crippen LogP contribution < -0.4 is 9.62 Å². The molecule has 1 saturated heterocycles. The van der Waals surface area contributed by atoms with E-state index in [-0.39, 0.29) is 0 Å². The molecular weight excluding hydrogens is 432 g/mol. The third kappa shape index (κ3) is 3.50. The number of hydrogen-bond donors (Lipinski definition) is 1. The van der Waals surface area contributed by atoms with Crippen molar-refractivity contribution >= 4 is 33.4 Å². The number of rotatable bonds is 5. The van der Waals surface area contributed by atoms with Crippen molar-refractivity contribution in [3.05, 3.63) is 64.7 Å². The van der Waals surface area contributed by atoms with Gasteiger partial charge in [0.25, 0.3) is 5.91 Å². The minimum atomic E-state index is -3.40. The van der Waals surface area contributed by atoms with Crippen LogP contribution in [0.3, 0.4) is 0 Å². The van der Waals surface area contributed by atoms with E-state index in [2.05, 4.69) is 5.32 Å². The molecule has 1 fully saturated rings. The minimum Gasteiger partial charge on any atom is -0.319 e. The predicted octanol–water partition coefficient (Wildman–Crippen LogP) is 1.53. The Labute approximate surface area is 185 Å². The average molecular weight is 452 g/mol. The Morgan fingerprint density at radius 2 is 1.88 bits per heavy atom. The van der Waals surface area contributed by atoms with E-state index in [1.807, 2.05) is 6.07 Å². The van der Waals surface area contributed by atoms with Crippen LogP contribution in [-0.4, -0.2) is 50.4 Å². The van der Waals surface area contributed by atoms with Crippen molar-refractivity contribution in [2.75, 3.05) is 23.7 Å². The first-order valence-electron chi connectivity index (χ1n) is 9.83. The van der Waals surface area contributed by atoms with Crippen LogP contribution in [-0.2, 0) is 26.8 Å². The molecule has 0 aliphatic carbocycles. The Kier molecular flexibility index (Phi) is 5.02. The van der Waals surface area contributed by atoms with Crippen molar-refractivity contribution in [1.82, 2.24) is 10.2 Å². The molecule has 2 aliphatic rings. The summed E-state index contributed by atoms with van der Waals surface area (Å²) < 4.78 is 25.1. The summed E-state index contributed by atoms with van der Waals surface area (Å²) in [5.74, 6) is -0.997. The topological polar surface area (TPSA) is 128 Å². The number of nitrogens with one attached hydrogen (secondary N) is 1. The van der Waals surface area contributed by atoms with Crippen LogP contribution in [0.4, 0.5) is 10.5 Å². The molecule has 0 spiro atoms. The van der Waals surface area contributed by atoms with E-state index in [9.17, 15) is 22.8 Å². The Hall–Kier alpha value is -3.71. The molecule has 164 valence electrons. The van der Waals surface area contributed by atoms with Crippen molar-refractivity contribution in [3.63, 3.8) is 0 Å². The molecule has 2 aromatic rings. The molecule has 0 radical (unpaired) electrons. The number of amides is 3. The van der Waals surface area contributed by atoms with Gasteiger partial charge in [-0.1, -0.05) is 12.1 Å². The van der Waals surface area contributed by atoms with Crippen LogP contribution in [0.1, 0.15) is 34.0 Å². The van der Waals surface area contributed by atoms with Crippen molar-refractivity contribution in [3.8, 4) is 6.07 Å². The average Bonchev–Trinajstić information content (AvgIpc) is 3.28. The number of nitrogens with zero attached hydrogens (tertiary/aromatic N) is 3. The first-order chi connectivity index (χ1) is 15.0. The van der Waals surface area contributed by atoms with E-state index in [1.165, 1.54) is 10.4 Å². The highest BCUT2D eigenvalue weighted by Crippen LogP contribution is 2.32. The summed E-state index contributed by atoms with van der Waals surface area (Å²) in [5, 5.41) is 11.6. The summed E-state index contributed by atoms with van der Waals surface area (Å²) in [4.78, 5) is 39.3. The molecule has 10 heteroatoms. The third-order valence-corrected chi connectivity index (χ3v) is 7.00. The van der Waals surface area contributed by atoms with Crippen molar-refractivity contribution in [2.24, 2.45) is 0 Å². The maximum absolute atomic E-state index is 13.1. The monoisotopic (exact) mass is 452 g/mol. The number of carbonyl (C=O) groups is 3. The Morgan fingerprint density at radius 1 is 1.19 bits per heavy atom. The van der Waals surface area contributed by atoms with Gasteiger partial charge in [-0.15, -0.1) is 0 Å². The standard InChI is InChI=1S/C22H20N4O5S/c1-22(17-6-3-14(12-23)4-7-17)20(28)25(21(29)24-22)13-19(27)16-5-8-18-15(11-16)9-10-26(18)32(2,30)31/h3-8,11H,9-10,13H2,1-2H3,(H,24,29)/t22-/m0/s1. The number of carbonyl (C=O) groups excluding carboxylic acids is 3. The van der Waals surface area contributed by atoms with E-state index in [1.54, 1.807) is 43.3 Å². The second-order valence-corrected chi connectivity index (χ2v) is 9.89. The summed E-state index contributed by atoms with van der Waals surface area (Å²) in [7, 11) is -3.40. The normalized spacial score (nSPS) is 20.2. The first-order valence-corrected chi connectivity index (χ1v) is 11.7. The van der Waals surface area contributed by atoms with Crippen molar-refractivity contribution in [2.45, 2.75) is 18.9 Å². The van der Waals surface area contributed by atoms with Crippen LogP contribution >= 0.6 is 0 Å². The zero-order valence-corrected chi connectivity index (χ0v) is 18.3. The van der Waals surface area contributed by atoms with E-state index in [0.29, 0.717) is 35.3 Å². The number of sulfonamides is 1. The Morgan fingerprint density at radius 3 is 2.50 bits per heavy atom. The molecule has 0 bridgehead atoms. The van der Waals surface area contributed by atoms with Crippen molar-refractivity contribution in [1.29, 1.82) is 5.26 Å². The molecule has 0 saturated carbocycles. The van der Waals surface area contributed by atoms with Crippen molar-refractivity contribution < 1.29 is 22.8 Å². The lowest BCUT2D eigenvalue weighted by Crippen LogP contribution is -2.41. The molecule has 0 unspecified atom stereocenters. The molecular formula is C22H20N4O5S. The number of benzene rings is 2.